The fourth-order valence-corrected chi connectivity index (χ4v) is 1.36. The first-order valence-electron chi connectivity index (χ1n) is 5.19. The van der Waals surface area contributed by atoms with Crippen molar-refractivity contribution in [3.05, 3.63) is 54.1 Å². The first-order valence-corrected chi connectivity index (χ1v) is 5.19. The SMILES string of the molecule is C=C(C)C(=C)c1ccccc1C(=O)OCC. The molecule has 1 aromatic carbocycles. The first-order chi connectivity index (χ1) is 7.57. The van der Waals surface area contributed by atoms with E-state index in [1.165, 1.54) is 0 Å². The van der Waals surface area contributed by atoms with Crippen LogP contribution in [0.2, 0.25) is 0 Å². The summed E-state index contributed by atoms with van der Waals surface area (Å²) < 4.78 is 4.99. The summed E-state index contributed by atoms with van der Waals surface area (Å²) in [6.45, 7) is 11.8. The molecule has 0 saturated heterocycles. The average Bonchev–Trinajstić information content (AvgIpc) is 2.28. The standard InChI is InChI=1S/C14H16O2/c1-5-16-14(15)13-9-7-6-8-12(13)11(4)10(2)3/h6-9H,2,4-5H2,1,3H3. The molecule has 0 radical (unpaired) electrons. The third-order valence-electron chi connectivity index (χ3n) is 2.26. The fraction of sp³-hybridized carbons (Fsp3) is 0.214. The normalized spacial score (nSPS) is 9.62. The molecule has 1 rings (SSSR count). The van der Waals surface area contributed by atoms with Gasteiger partial charge in [-0.1, -0.05) is 36.9 Å². The Labute approximate surface area is 96.2 Å². The minimum Gasteiger partial charge on any atom is -0.462 e. The molecule has 0 N–H and O–H groups in total. The van der Waals surface area contributed by atoms with Crippen LogP contribution in [0.15, 0.2) is 43.0 Å². The van der Waals surface area contributed by atoms with E-state index in [-0.39, 0.29) is 5.97 Å². The summed E-state index contributed by atoms with van der Waals surface area (Å²) in [7, 11) is 0. The van der Waals surface area contributed by atoms with E-state index < -0.39 is 0 Å². The zero-order valence-electron chi connectivity index (χ0n) is 9.75. The Hall–Kier alpha value is -1.83. The van der Waals surface area contributed by atoms with E-state index in [4.69, 9.17) is 4.74 Å². The molecule has 2 heteroatoms. The maximum atomic E-state index is 11.7. The summed E-state index contributed by atoms with van der Waals surface area (Å²) in [5.74, 6) is -0.319. The largest absolute Gasteiger partial charge is 0.462 e. The first kappa shape index (κ1) is 12.2. The second-order valence-corrected chi connectivity index (χ2v) is 3.52. The molecule has 0 bridgehead atoms. The predicted octanol–water partition coefficient (Wildman–Crippen LogP) is 3.45. The van der Waals surface area contributed by atoms with Gasteiger partial charge in [0.25, 0.3) is 0 Å². The number of carbonyl (C=O) groups is 1. The van der Waals surface area contributed by atoms with Crippen molar-refractivity contribution in [3.8, 4) is 0 Å². The molecule has 0 atom stereocenters. The van der Waals surface area contributed by atoms with Crippen LogP contribution in [0.25, 0.3) is 5.57 Å². The molecule has 0 aliphatic rings. The van der Waals surface area contributed by atoms with Crippen molar-refractivity contribution in [1.29, 1.82) is 0 Å². The van der Waals surface area contributed by atoms with Crippen molar-refractivity contribution in [3.63, 3.8) is 0 Å². The molecule has 0 aromatic heterocycles. The second kappa shape index (κ2) is 5.31. The van der Waals surface area contributed by atoms with Gasteiger partial charge in [0, 0.05) is 0 Å². The van der Waals surface area contributed by atoms with Crippen molar-refractivity contribution < 1.29 is 9.53 Å². The quantitative estimate of drug-likeness (QED) is 0.569. The van der Waals surface area contributed by atoms with Gasteiger partial charge < -0.3 is 4.74 Å². The lowest BCUT2D eigenvalue weighted by Crippen LogP contribution is -2.07. The molecule has 1 aromatic rings. The topological polar surface area (TPSA) is 26.3 Å². The van der Waals surface area contributed by atoms with Crippen molar-refractivity contribution in [2.24, 2.45) is 0 Å². The summed E-state index contributed by atoms with van der Waals surface area (Å²) in [5, 5.41) is 0. The van der Waals surface area contributed by atoms with Gasteiger partial charge in [0.2, 0.25) is 0 Å². The van der Waals surface area contributed by atoms with Crippen LogP contribution in [0.5, 0.6) is 0 Å². The molecule has 0 heterocycles. The number of hydrogen-bond acceptors (Lipinski definition) is 2. The number of allylic oxidation sites excluding steroid dienone is 2. The van der Waals surface area contributed by atoms with Crippen molar-refractivity contribution in [1.82, 2.24) is 0 Å². The van der Waals surface area contributed by atoms with Crippen molar-refractivity contribution in [2.75, 3.05) is 6.61 Å². The van der Waals surface area contributed by atoms with Crippen LogP contribution >= 0.6 is 0 Å². The molecule has 0 spiro atoms. The summed E-state index contributed by atoms with van der Waals surface area (Å²) in [6, 6.07) is 7.26. The summed E-state index contributed by atoms with van der Waals surface area (Å²) in [4.78, 5) is 11.7. The summed E-state index contributed by atoms with van der Waals surface area (Å²) in [5.41, 5.74) is 2.94. The Kier molecular flexibility index (Phi) is 4.06. The number of carbonyl (C=O) groups excluding carboxylic acids is 1. The molecule has 0 unspecified atom stereocenters. The zero-order chi connectivity index (χ0) is 12.1. The molecular formula is C14H16O2. The Morgan fingerprint density at radius 1 is 1.25 bits per heavy atom. The highest BCUT2D eigenvalue weighted by Gasteiger charge is 2.13. The minimum absolute atomic E-state index is 0.319. The maximum absolute atomic E-state index is 11.7. The van der Waals surface area contributed by atoms with E-state index in [1.54, 1.807) is 19.1 Å². The van der Waals surface area contributed by atoms with E-state index in [1.807, 2.05) is 19.1 Å². The smallest absolute Gasteiger partial charge is 0.338 e. The van der Waals surface area contributed by atoms with Crippen LogP contribution in [0.3, 0.4) is 0 Å². The monoisotopic (exact) mass is 216 g/mol. The molecule has 0 aliphatic carbocycles. The van der Waals surface area contributed by atoms with Crippen LogP contribution in [-0.2, 0) is 4.74 Å². The van der Waals surface area contributed by atoms with Gasteiger partial charge in [-0.25, -0.2) is 4.79 Å². The Bertz CT molecular complexity index is 430. The molecular weight excluding hydrogens is 200 g/mol. The van der Waals surface area contributed by atoms with E-state index in [2.05, 4.69) is 13.2 Å². The van der Waals surface area contributed by atoms with E-state index in [0.29, 0.717) is 12.2 Å². The van der Waals surface area contributed by atoms with Gasteiger partial charge in [0.1, 0.15) is 0 Å². The average molecular weight is 216 g/mol. The van der Waals surface area contributed by atoms with E-state index in [0.717, 1.165) is 16.7 Å². The number of hydrogen-bond donors (Lipinski definition) is 0. The molecule has 84 valence electrons. The van der Waals surface area contributed by atoms with Crippen LogP contribution in [0.4, 0.5) is 0 Å². The lowest BCUT2D eigenvalue weighted by Gasteiger charge is -2.10. The minimum atomic E-state index is -0.319. The van der Waals surface area contributed by atoms with Crippen molar-refractivity contribution in [2.45, 2.75) is 13.8 Å². The number of rotatable bonds is 4. The second-order valence-electron chi connectivity index (χ2n) is 3.52. The van der Waals surface area contributed by atoms with Crippen LogP contribution in [0, 0.1) is 0 Å². The van der Waals surface area contributed by atoms with Gasteiger partial charge in [-0.3, -0.25) is 0 Å². The van der Waals surface area contributed by atoms with Crippen LogP contribution < -0.4 is 0 Å². The number of esters is 1. The Morgan fingerprint density at radius 3 is 2.31 bits per heavy atom. The van der Waals surface area contributed by atoms with Gasteiger partial charge in [-0.15, -0.1) is 0 Å². The van der Waals surface area contributed by atoms with E-state index in [9.17, 15) is 4.79 Å². The number of benzene rings is 1. The van der Waals surface area contributed by atoms with Gasteiger partial charge in [0.15, 0.2) is 0 Å². The van der Waals surface area contributed by atoms with Crippen LogP contribution in [0.1, 0.15) is 29.8 Å². The van der Waals surface area contributed by atoms with Gasteiger partial charge in [0.05, 0.1) is 12.2 Å². The van der Waals surface area contributed by atoms with E-state index >= 15 is 0 Å². The van der Waals surface area contributed by atoms with Gasteiger partial charge >= 0.3 is 5.97 Å². The number of ether oxygens (including phenoxy) is 1. The highest BCUT2D eigenvalue weighted by Crippen LogP contribution is 2.23. The Balaban J connectivity index is 3.15. The maximum Gasteiger partial charge on any atom is 0.338 e. The molecule has 2 nitrogen and oxygen atoms in total. The third-order valence-corrected chi connectivity index (χ3v) is 2.26. The molecule has 0 fully saturated rings. The summed E-state index contributed by atoms with van der Waals surface area (Å²) >= 11 is 0. The van der Waals surface area contributed by atoms with Gasteiger partial charge in [-0.2, -0.15) is 0 Å². The van der Waals surface area contributed by atoms with Gasteiger partial charge in [-0.05, 0) is 31.1 Å². The highest BCUT2D eigenvalue weighted by molar-refractivity contribution is 5.97. The lowest BCUT2D eigenvalue weighted by atomic mass is 9.97. The fourth-order valence-electron chi connectivity index (χ4n) is 1.36. The van der Waals surface area contributed by atoms with Crippen molar-refractivity contribution >= 4 is 11.5 Å². The predicted molar refractivity (Wildman–Crippen MR) is 66.2 cm³/mol. The highest BCUT2D eigenvalue weighted by atomic mass is 16.5. The molecule has 0 aliphatic heterocycles. The molecule has 16 heavy (non-hydrogen) atoms. The molecule has 0 amide bonds. The zero-order valence-corrected chi connectivity index (χ0v) is 9.75. The summed E-state index contributed by atoms with van der Waals surface area (Å²) in [6.07, 6.45) is 0. The molecule has 0 saturated carbocycles. The van der Waals surface area contributed by atoms with Crippen LogP contribution in [-0.4, -0.2) is 12.6 Å². The third kappa shape index (κ3) is 2.60. The Morgan fingerprint density at radius 2 is 1.81 bits per heavy atom. The lowest BCUT2D eigenvalue weighted by molar-refractivity contribution is 0.0526.